The van der Waals surface area contributed by atoms with E-state index in [1.165, 1.54) is 0 Å². The monoisotopic (exact) mass is 424 g/mol. The van der Waals surface area contributed by atoms with Crippen molar-refractivity contribution in [1.82, 2.24) is 10.1 Å². The molecule has 0 unspecified atom stereocenters. The molecule has 0 atom stereocenters. The normalized spacial score (nSPS) is 15.0. The number of rotatable bonds is 4. The van der Waals surface area contributed by atoms with Crippen molar-refractivity contribution < 1.29 is 61.5 Å². The summed E-state index contributed by atoms with van der Waals surface area (Å²) < 4.78 is 147. The van der Waals surface area contributed by atoms with E-state index in [9.17, 15) is 52.7 Å². The summed E-state index contributed by atoms with van der Waals surface area (Å²) in [6.45, 7) is 0. The second-order valence-corrected chi connectivity index (χ2v) is 3.96. The second kappa shape index (κ2) is 6.64. The van der Waals surface area contributed by atoms with E-state index in [1.807, 2.05) is 4.06 Å². The first-order chi connectivity index (χ1) is 9.47. The van der Waals surface area contributed by atoms with Crippen molar-refractivity contribution in [2.45, 2.75) is 25.2 Å². The van der Waals surface area contributed by atoms with Crippen LogP contribution < -0.4 is 0 Å². The summed E-state index contributed by atoms with van der Waals surface area (Å²) in [6, 6.07) is 0. The predicted octanol–water partition coefficient (Wildman–Crippen LogP) is 3.25. The Morgan fingerprint density at radius 1 is 0.591 bits per heavy atom. The summed E-state index contributed by atoms with van der Waals surface area (Å²) in [6.07, 6.45) is -24.7. The van der Waals surface area contributed by atoms with Crippen molar-refractivity contribution in [3.8, 4) is 0 Å². The zero-order valence-corrected chi connectivity index (χ0v) is 11.3. The van der Waals surface area contributed by atoms with Gasteiger partial charge in [-0.1, -0.05) is 0 Å². The minimum atomic E-state index is -6.19. The van der Waals surface area contributed by atoms with Crippen LogP contribution in [-0.2, 0) is 8.80 Å². The molecule has 0 saturated carbocycles. The van der Waals surface area contributed by atoms with Gasteiger partial charge in [0.1, 0.15) is 0 Å². The number of hydrogen-bond acceptors (Lipinski definition) is 5. The van der Waals surface area contributed by atoms with Gasteiger partial charge in [-0.2, -0.15) is 0 Å². The van der Waals surface area contributed by atoms with Gasteiger partial charge in [0.05, 0.1) is 0 Å². The molecule has 0 aliphatic rings. The molecule has 22 heavy (non-hydrogen) atoms. The Hall–Kier alpha value is -0.977. The first kappa shape index (κ1) is 21.0. The van der Waals surface area contributed by atoms with E-state index in [-0.39, 0.29) is 0 Å². The van der Waals surface area contributed by atoms with Crippen LogP contribution in [0.5, 0.6) is 0 Å². The van der Waals surface area contributed by atoms with Gasteiger partial charge in [0.25, 0.3) is 0 Å². The molecule has 0 aromatic rings. The van der Waals surface area contributed by atoms with Gasteiger partial charge in [0, 0.05) is 0 Å². The van der Waals surface area contributed by atoms with Crippen LogP contribution >= 0.6 is 0 Å². The first-order valence-electron chi connectivity index (χ1n) is 4.14. The van der Waals surface area contributed by atoms with Crippen LogP contribution in [0.1, 0.15) is 0 Å². The molecule has 0 aromatic carbocycles. The average Bonchev–Trinajstić information content (AvgIpc) is 2.14. The fraction of sp³-hybridized carbons (Fsp3) is 1.00. The summed E-state index contributed by atoms with van der Waals surface area (Å²) in [5, 5.41) is -5.18. The van der Waals surface area contributed by atoms with Gasteiger partial charge in [-0.15, -0.1) is 0 Å². The number of alkyl halides is 12. The second-order valence-electron chi connectivity index (χ2n) is 2.82. The maximum atomic E-state index is 11.8. The Bertz CT molecular complexity index is 320. The molecule has 0 spiro atoms. The number of hydroxylamine groups is 4. The van der Waals surface area contributed by atoms with Crippen molar-refractivity contribution in [2.75, 3.05) is 0 Å². The van der Waals surface area contributed by atoms with Crippen molar-refractivity contribution >= 4 is 15.6 Å². The van der Waals surface area contributed by atoms with Crippen LogP contribution in [0.2, 0.25) is 0 Å². The molecule has 0 bridgehead atoms. The number of hydrogen-bond donors (Lipinski definition) is 0. The van der Waals surface area contributed by atoms with E-state index >= 15 is 0 Å². The molecule has 0 heterocycles. The van der Waals surface area contributed by atoms with Gasteiger partial charge in [0.15, 0.2) is 0 Å². The molecule has 0 amide bonds. The minimum absolute atomic E-state index is 1.82. The Kier molecular flexibility index (Phi) is 6.35. The molecule has 0 N–H and O–H groups in total. The molecular formula is C4F12GeN3O2. The van der Waals surface area contributed by atoms with Crippen LogP contribution in [0.4, 0.5) is 52.7 Å². The molecule has 0 aliphatic heterocycles. The third kappa shape index (κ3) is 6.86. The van der Waals surface area contributed by atoms with E-state index in [4.69, 9.17) is 0 Å². The van der Waals surface area contributed by atoms with Crippen LogP contribution in [0.25, 0.3) is 0 Å². The maximum absolute atomic E-state index is 11.8. The Morgan fingerprint density at radius 3 is 1.18 bits per heavy atom. The van der Waals surface area contributed by atoms with E-state index in [0.29, 0.717) is 0 Å². The third-order valence-corrected chi connectivity index (χ3v) is 2.10. The van der Waals surface area contributed by atoms with E-state index in [2.05, 4.69) is 8.80 Å². The van der Waals surface area contributed by atoms with Gasteiger partial charge in [0.2, 0.25) is 0 Å². The van der Waals surface area contributed by atoms with Gasteiger partial charge in [-0.25, -0.2) is 0 Å². The summed E-state index contributed by atoms with van der Waals surface area (Å²) in [5.74, 6) is 0. The third-order valence-electron chi connectivity index (χ3n) is 1.21. The molecule has 18 heteroatoms. The van der Waals surface area contributed by atoms with Crippen molar-refractivity contribution in [3.05, 3.63) is 0 Å². The average molecular weight is 423 g/mol. The van der Waals surface area contributed by atoms with Gasteiger partial charge < -0.3 is 0 Å². The zero-order chi connectivity index (χ0) is 18.0. The zero-order valence-electron chi connectivity index (χ0n) is 9.19. The van der Waals surface area contributed by atoms with E-state index in [1.54, 1.807) is 0 Å². The standard InChI is InChI=1S/C4F12GeN3O2/c5-1(6,7)19(2(8,9)10)21-17-18-22-20(3(11,12)13)4(14,15)16. The molecule has 0 aliphatic carbocycles. The van der Waals surface area contributed by atoms with Crippen LogP contribution in [-0.4, -0.2) is 50.9 Å². The Morgan fingerprint density at radius 2 is 0.909 bits per heavy atom. The van der Waals surface area contributed by atoms with E-state index < -0.39 is 50.9 Å². The molecule has 0 saturated heterocycles. The SMILES string of the molecule is FC(F)(F)N(O[N]=[Ge][O]N(C(F)(F)F)C(F)(F)F)C(F)(F)F. The van der Waals surface area contributed by atoms with Crippen LogP contribution in [0.15, 0.2) is 4.06 Å². The van der Waals surface area contributed by atoms with Gasteiger partial charge >= 0.3 is 116 Å². The fourth-order valence-electron chi connectivity index (χ4n) is 0.599. The predicted molar refractivity (Wildman–Crippen MR) is 38.2 cm³/mol. The molecule has 0 fully saturated rings. The molecule has 0 rings (SSSR count). The van der Waals surface area contributed by atoms with Crippen LogP contribution in [0, 0.1) is 0 Å². The van der Waals surface area contributed by atoms with Gasteiger partial charge in [-0.05, 0) is 0 Å². The van der Waals surface area contributed by atoms with E-state index in [0.717, 1.165) is 0 Å². The molecule has 5 nitrogen and oxygen atoms in total. The molecule has 131 valence electrons. The first-order valence-corrected chi connectivity index (χ1v) is 5.93. The number of nitrogens with zero attached hydrogens (tertiary/aromatic N) is 3. The summed E-state index contributed by atoms with van der Waals surface area (Å²) in [7, 11) is 0. The topological polar surface area (TPSA) is 37.3 Å². The summed E-state index contributed by atoms with van der Waals surface area (Å²) in [5.41, 5.74) is 0. The molecule has 0 aromatic heterocycles. The quantitative estimate of drug-likeness (QED) is 0.302. The van der Waals surface area contributed by atoms with Crippen molar-refractivity contribution in [1.29, 1.82) is 0 Å². The van der Waals surface area contributed by atoms with Crippen molar-refractivity contribution in [3.63, 3.8) is 0 Å². The van der Waals surface area contributed by atoms with Crippen LogP contribution in [0.3, 0.4) is 0 Å². The number of halogens is 12. The summed E-state index contributed by atoms with van der Waals surface area (Å²) in [4.78, 5) is 2.72. The van der Waals surface area contributed by atoms with Gasteiger partial charge in [-0.3, -0.25) is 0 Å². The molecular weight excluding hydrogens is 423 g/mol. The Balaban J connectivity index is 4.92. The molecule has 1 radical (unpaired) electrons. The summed E-state index contributed by atoms with van der Waals surface area (Å²) >= 11 is -3.47. The fourth-order valence-corrected chi connectivity index (χ4v) is 1.52. The Labute approximate surface area is 117 Å². The van der Waals surface area contributed by atoms with Crippen molar-refractivity contribution in [2.24, 2.45) is 4.06 Å².